The molecule has 2 saturated heterocycles. The molecule has 3 nitrogen and oxygen atoms in total. The van der Waals surface area contributed by atoms with Crippen LogP contribution >= 0.6 is 0 Å². The zero-order chi connectivity index (χ0) is 17.2. The van der Waals surface area contributed by atoms with Gasteiger partial charge in [-0.25, -0.2) is 4.39 Å². The van der Waals surface area contributed by atoms with Crippen LogP contribution in [0.1, 0.15) is 69.4 Å². The Kier molecular flexibility index (Phi) is 5.07. The lowest BCUT2D eigenvalue weighted by atomic mass is 9.88. The first-order valence-corrected chi connectivity index (χ1v) is 9.98. The average Bonchev–Trinajstić information content (AvgIpc) is 3.23. The first-order chi connectivity index (χ1) is 12.2. The topological polar surface area (TPSA) is 41.1 Å². The Morgan fingerprint density at radius 3 is 2.36 bits per heavy atom. The molecular weight excluding hydrogens is 315 g/mol. The number of piperidine rings is 1. The fourth-order valence-electron chi connectivity index (χ4n) is 5.27. The Balaban J connectivity index is 1.41. The van der Waals surface area contributed by atoms with Crippen LogP contribution < -0.4 is 10.6 Å². The van der Waals surface area contributed by atoms with Crippen LogP contribution in [0.2, 0.25) is 0 Å². The first kappa shape index (κ1) is 17.0. The van der Waals surface area contributed by atoms with Crippen LogP contribution in [0.25, 0.3) is 0 Å². The highest BCUT2D eigenvalue weighted by Gasteiger charge is 2.35. The summed E-state index contributed by atoms with van der Waals surface area (Å²) in [7, 11) is 0. The van der Waals surface area contributed by atoms with Crippen LogP contribution in [0.15, 0.2) is 24.3 Å². The summed E-state index contributed by atoms with van der Waals surface area (Å²) in [6.07, 6.45) is 10.2. The molecule has 0 aromatic heterocycles. The number of fused-ring (bicyclic) bond motifs is 2. The number of amides is 1. The Hall–Kier alpha value is -1.42. The van der Waals surface area contributed by atoms with Gasteiger partial charge in [0.1, 0.15) is 5.82 Å². The van der Waals surface area contributed by atoms with Crippen molar-refractivity contribution in [2.75, 3.05) is 0 Å². The van der Waals surface area contributed by atoms with Crippen molar-refractivity contribution >= 4 is 5.91 Å². The lowest BCUT2D eigenvalue weighted by Gasteiger charge is -2.30. The lowest BCUT2D eigenvalue weighted by molar-refractivity contribution is -0.123. The zero-order valence-corrected chi connectivity index (χ0v) is 14.8. The average molecular weight is 344 g/mol. The minimum Gasteiger partial charge on any atom is -0.349 e. The lowest BCUT2D eigenvalue weighted by Crippen LogP contribution is -2.40. The predicted molar refractivity (Wildman–Crippen MR) is 96.5 cm³/mol. The van der Waals surface area contributed by atoms with Gasteiger partial charge < -0.3 is 10.6 Å². The summed E-state index contributed by atoms with van der Waals surface area (Å²) in [6.45, 7) is 0. The summed E-state index contributed by atoms with van der Waals surface area (Å²) in [6, 6.07) is 7.97. The molecule has 1 amide bonds. The Morgan fingerprint density at radius 1 is 1.08 bits per heavy atom. The number of rotatable bonds is 5. The van der Waals surface area contributed by atoms with Crippen LogP contribution in [0, 0.1) is 17.7 Å². The van der Waals surface area contributed by atoms with Crippen molar-refractivity contribution in [3.05, 3.63) is 35.6 Å². The number of benzene rings is 1. The largest absolute Gasteiger partial charge is 0.349 e. The quantitative estimate of drug-likeness (QED) is 0.844. The van der Waals surface area contributed by atoms with E-state index in [1.165, 1.54) is 37.8 Å². The van der Waals surface area contributed by atoms with Crippen molar-refractivity contribution in [3.8, 4) is 0 Å². The van der Waals surface area contributed by atoms with Gasteiger partial charge in [0.05, 0.1) is 6.04 Å². The monoisotopic (exact) mass is 344 g/mol. The standard InChI is InChI=1S/C21H29FN2O/c22-17-7-5-16(6-8-17)21(15-3-1-2-4-15)24-20(25)13-14-11-18-9-10-19(12-14)23-18/h5-8,14-15,18-19,21,23H,1-4,9-13H2,(H,24,25). The molecule has 2 bridgehead atoms. The van der Waals surface area contributed by atoms with E-state index in [1.54, 1.807) is 0 Å². The Labute approximate surface area is 149 Å². The zero-order valence-electron chi connectivity index (χ0n) is 14.8. The molecule has 3 unspecified atom stereocenters. The van der Waals surface area contributed by atoms with Crippen molar-refractivity contribution in [1.82, 2.24) is 10.6 Å². The number of nitrogens with one attached hydrogen (secondary N) is 2. The first-order valence-electron chi connectivity index (χ1n) is 9.98. The third kappa shape index (κ3) is 4.05. The summed E-state index contributed by atoms with van der Waals surface area (Å²) in [5.74, 6) is 0.952. The maximum Gasteiger partial charge on any atom is 0.220 e. The second kappa shape index (κ2) is 7.45. The molecule has 25 heavy (non-hydrogen) atoms. The summed E-state index contributed by atoms with van der Waals surface area (Å²) in [5.41, 5.74) is 1.05. The van der Waals surface area contributed by atoms with Gasteiger partial charge in [0.2, 0.25) is 5.91 Å². The van der Waals surface area contributed by atoms with E-state index in [2.05, 4.69) is 10.6 Å². The molecular formula is C21H29FN2O. The van der Waals surface area contributed by atoms with Gasteiger partial charge in [-0.05, 0) is 68.1 Å². The molecule has 1 aromatic rings. The van der Waals surface area contributed by atoms with Gasteiger partial charge in [-0.15, -0.1) is 0 Å². The molecule has 2 N–H and O–H groups in total. The molecule has 4 heteroatoms. The molecule has 1 saturated carbocycles. The molecule has 3 aliphatic rings. The molecule has 3 fully saturated rings. The number of halogens is 1. The minimum atomic E-state index is -0.217. The molecule has 4 rings (SSSR count). The van der Waals surface area contributed by atoms with E-state index in [1.807, 2.05) is 12.1 Å². The summed E-state index contributed by atoms with van der Waals surface area (Å²) in [5, 5.41) is 6.95. The summed E-state index contributed by atoms with van der Waals surface area (Å²) < 4.78 is 13.3. The van der Waals surface area contributed by atoms with Crippen LogP contribution in [0.5, 0.6) is 0 Å². The SMILES string of the molecule is O=C(CC1CC2CCC(C1)N2)NC(c1ccc(F)cc1)C1CCCC1. The fraction of sp³-hybridized carbons (Fsp3) is 0.667. The molecule has 1 aliphatic carbocycles. The molecule has 0 spiro atoms. The van der Waals surface area contributed by atoms with E-state index in [0.29, 0.717) is 30.3 Å². The normalized spacial score (nSPS) is 30.4. The van der Waals surface area contributed by atoms with Crippen LogP contribution in [0.3, 0.4) is 0 Å². The van der Waals surface area contributed by atoms with Gasteiger partial charge in [0.15, 0.2) is 0 Å². The van der Waals surface area contributed by atoms with E-state index in [9.17, 15) is 9.18 Å². The van der Waals surface area contributed by atoms with Crippen LogP contribution in [-0.2, 0) is 4.79 Å². The van der Waals surface area contributed by atoms with Crippen molar-refractivity contribution in [2.45, 2.75) is 75.9 Å². The van der Waals surface area contributed by atoms with Crippen LogP contribution in [0.4, 0.5) is 4.39 Å². The van der Waals surface area contributed by atoms with Crippen molar-refractivity contribution < 1.29 is 9.18 Å². The second-order valence-corrected chi connectivity index (χ2v) is 8.32. The predicted octanol–water partition coefficient (Wildman–Crippen LogP) is 4.09. The van der Waals surface area contributed by atoms with Gasteiger partial charge in [-0.1, -0.05) is 25.0 Å². The highest BCUT2D eigenvalue weighted by atomic mass is 19.1. The van der Waals surface area contributed by atoms with Crippen molar-refractivity contribution in [2.24, 2.45) is 11.8 Å². The molecule has 136 valence electrons. The number of hydrogen-bond donors (Lipinski definition) is 2. The number of hydrogen-bond acceptors (Lipinski definition) is 2. The molecule has 2 heterocycles. The fourth-order valence-corrected chi connectivity index (χ4v) is 5.27. The van der Waals surface area contributed by atoms with E-state index < -0.39 is 0 Å². The van der Waals surface area contributed by atoms with Gasteiger partial charge in [-0.3, -0.25) is 4.79 Å². The summed E-state index contributed by atoms with van der Waals surface area (Å²) >= 11 is 0. The van der Waals surface area contributed by atoms with E-state index in [0.717, 1.165) is 31.2 Å². The molecule has 0 radical (unpaired) electrons. The highest BCUT2D eigenvalue weighted by molar-refractivity contribution is 5.76. The Bertz CT molecular complexity index is 584. The minimum absolute atomic E-state index is 0.0361. The molecule has 1 aromatic carbocycles. The van der Waals surface area contributed by atoms with Crippen molar-refractivity contribution in [1.29, 1.82) is 0 Å². The Morgan fingerprint density at radius 2 is 1.72 bits per heavy atom. The van der Waals surface area contributed by atoms with Gasteiger partial charge >= 0.3 is 0 Å². The number of carbonyl (C=O) groups excluding carboxylic acids is 1. The maximum absolute atomic E-state index is 13.3. The van der Waals surface area contributed by atoms with Crippen LogP contribution in [-0.4, -0.2) is 18.0 Å². The highest BCUT2D eigenvalue weighted by Crippen LogP contribution is 2.37. The van der Waals surface area contributed by atoms with E-state index in [-0.39, 0.29) is 17.8 Å². The van der Waals surface area contributed by atoms with Gasteiger partial charge in [-0.2, -0.15) is 0 Å². The molecule has 2 aliphatic heterocycles. The van der Waals surface area contributed by atoms with Gasteiger partial charge in [0.25, 0.3) is 0 Å². The maximum atomic E-state index is 13.3. The van der Waals surface area contributed by atoms with Gasteiger partial charge in [0, 0.05) is 18.5 Å². The second-order valence-electron chi connectivity index (χ2n) is 8.32. The van der Waals surface area contributed by atoms with E-state index in [4.69, 9.17) is 0 Å². The summed E-state index contributed by atoms with van der Waals surface area (Å²) in [4.78, 5) is 12.7. The number of carbonyl (C=O) groups is 1. The third-order valence-electron chi connectivity index (χ3n) is 6.46. The van der Waals surface area contributed by atoms with E-state index >= 15 is 0 Å². The smallest absolute Gasteiger partial charge is 0.220 e. The van der Waals surface area contributed by atoms with Crippen molar-refractivity contribution in [3.63, 3.8) is 0 Å². The molecule has 3 atom stereocenters. The third-order valence-corrected chi connectivity index (χ3v) is 6.46.